The van der Waals surface area contributed by atoms with Gasteiger partial charge >= 0.3 is 6.29 Å². The summed E-state index contributed by atoms with van der Waals surface area (Å²) in [6, 6.07) is 0. The fourth-order valence-electron chi connectivity index (χ4n) is 3.87. The molecule has 8 nitrogen and oxygen atoms in total. The van der Waals surface area contributed by atoms with Gasteiger partial charge in [-0.15, -0.1) is 8.78 Å². The molecule has 3 aliphatic rings. The first kappa shape index (κ1) is 22.1. The number of halogens is 2. The lowest BCUT2D eigenvalue weighted by Gasteiger charge is -2.28. The van der Waals surface area contributed by atoms with Crippen LogP contribution in [0.4, 0.5) is 8.78 Å². The van der Waals surface area contributed by atoms with Gasteiger partial charge in [-0.3, -0.25) is 19.1 Å². The Morgan fingerprint density at radius 3 is 2.76 bits per heavy atom. The highest BCUT2D eigenvalue weighted by molar-refractivity contribution is 5.80. The number of ether oxygens (including phenoxy) is 3. The monoisotopic (exact) mass is 417 g/mol. The summed E-state index contributed by atoms with van der Waals surface area (Å²) in [5.74, 6) is -0.402. The number of carbonyl (C=O) groups is 2. The molecule has 4 atom stereocenters. The number of nitrogens with one attached hydrogen (secondary N) is 3. The van der Waals surface area contributed by atoms with E-state index in [1.54, 1.807) is 0 Å². The Bertz CT molecular complexity index is 613. The zero-order valence-corrected chi connectivity index (χ0v) is 16.4. The summed E-state index contributed by atoms with van der Waals surface area (Å²) in [6.45, 7) is 5.60. The molecule has 10 heteroatoms. The molecular formula is C19H29F2N3O5. The minimum absolute atomic E-state index is 0.0452. The first-order chi connectivity index (χ1) is 13.8. The molecule has 0 radical (unpaired) electrons. The molecule has 3 fully saturated rings. The molecule has 1 aliphatic carbocycles. The Morgan fingerprint density at radius 2 is 2.00 bits per heavy atom. The van der Waals surface area contributed by atoms with E-state index in [2.05, 4.69) is 32.0 Å². The van der Waals surface area contributed by atoms with Gasteiger partial charge in [-0.25, -0.2) is 0 Å². The lowest BCUT2D eigenvalue weighted by molar-refractivity contribution is -0.351. The van der Waals surface area contributed by atoms with Crippen molar-refractivity contribution in [3.8, 4) is 0 Å². The molecule has 0 aromatic rings. The first-order valence-electron chi connectivity index (χ1n) is 10.1. The molecule has 0 aromatic carbocycles. The molecule has 0 bridgehead atoms. The van der Waals surface area contributed by atoms with E-state index in [1.807, 2.05) is 0 Å². The third kappa shape index (κ3) is 6.70. The fourth-order valence-corrected chi connectivity index (χ4v) is 3.87. The van der Waals surface area contributed by atoms with E-state index in [0.717, 1.165) is 19.4 Å². The number of hydrogen-bond donors (Lipinski definition) is 3. The van der Waals surface area contributed by atoms with E-state index in [0.29, 0.717) is 38.0 Å². The van der Waals surface area contributed by atoms with Crippen LogP contribution in [0.5, 0.6) is 0 Å². The second kappa shape index (κ2) is 9.92. The van der Waals surface area contributed by atoms with Crippen LogP contribution < -0.4 is 16.0 Å². The predicted octanol–water partition coefficient (Wildman–Crippen LogP) is 1.03. The topological polar surface area (TPSA) is 97.9 Å². The highest BCUT2D eigenvalue weighted by atomic mass is 19.3. The summed E-state index contributed by atoms with van der Waals surface area (Å²) < 4.78 is 40.8. The number of piperidine rings is 1. The molecule has 2 heterocycles. The zero-order valence-electron chi connectivity index (χ0n) is 16.4. The Kier molecular flexibility index (Phi) is 7.55. The fraction of sp³-hybridized carbons (Fsp3) is 0.789. The van der Waals surface area contributed by atoms with Crippen LogP contribution in [0.25, 0.3) is 0 Å². The maximum absolute atomic E-state index is 13.1. The van der Waals surface area contributed by atoms with Crippen molar-refractivity contribution in [3.63, 3.8) is 0 Å². The molecule has 2 amide bonds. The third-order valence-electron chi connectivity index (χ3n) is 5.43. The van der Waals surface area contributed by atoms with Crippen LogP contribution in [0.1, 0.15) is 38.5 Å². The smallest absolute Gasteiger partial charge is 0.368 e. The Hall–Kier alpha value is -1.62. The van der Waals surface area contributed by atoms with Gasteiger partial charge in [-0.2, -0.15) is 0 Å². The minimum Gasteiger partial charge on any atom is -0.368 e. The summed E-state index contributed by atoms with van der Waals surface area (Å²) in [7, 11) is 0. The Labute approximate surface area is 168 Å². The number of hydrogen-bond acceptors (Lipinski definition) is 6. The van der Waals surface area contributed by atoms with Gasteiger partial charge in [0.15, 0.2) is 0 Å². The molecule has 4 unspecified atom stereocenters. The van der Waals surface area contributed by atoms with Gasteiger partial charge in [-0.1, -0.05) is 6.58 Å². The Morgan fingerprint density at radius 1 is 1.21 bits per heavy atom. The van der Waals surface area contributed by atoms with E-state index in [1.165, 1.54) is 0 Å². The molecule has 29 heavy (non-hydrogen) atoms. The lowest BCUT2D eigenvalue weighted by atomic mass is 9.92. The van der Waals surface area contributed by atoms with Crippen LogP contribution in [0.15, 0.2) is 12.3 Å². The van der Waals surface area contributed by atoms with E-state index < -0.39 is 18.5 Å². The van der Waals surface area contributed by atoms with Gasteiger partial charge < -0.3 is 20.7 Å². The summed E-state index contributed by atoms with van der Waals surface area (Å²) in [5, 5.41) is 8.68. The molecule has 0 spiro atoms. The van der Waals surface area contributed by atoms with Crippen molar-refractivity contribution in [2.24, 2.45) is 5.92 Å². The average molecular weight is 417 g/mol. The number of amides is 2. The van der Waals surface area contributed by atoms with Crippen LogP contribution in [0.2, 0.25) is 0 Å². The normalized spacial score (nSPS) is 31.0. The predicted molar refractivity (Wildman–Crippen MR) is 98.8 cm³/mol. The van der Waals surface area contributed by atoms with Gasteiger partial charge in [-0.05, 0) is 32.2 Å². The second-order valence-electron chi connectivity index (χ2n) is 7.76. The molecule has 164 valence electrons. The van der Waals surface area contributed by atoms with Crippen molar-refractivity contribution in [2.75, 3.05) is 26.2 Å². The highest BCUT2D eigenvalue weighted by Gasteiger charge is 2.51. The molecule has 3 rings (SSSR count). The maximum atomic E-state index is 13.1. The lowest BCUT2D eigenvalue weighted by Crippen LogP contribution is -2.40. The van der Waals surface area contributed by atoms with Crippen LogP contribution in [-0.4, -0.2) is 62.7 Å². The quantitative estimate of drug-likeness (QED) is 0.546. The number of alkyl halides is 2. The van der Waals surface area contributed by atoms with E-state index >= 15 is 0 Å². The molecule has 0 aromatic heterocycles. The van der Waals surface area contributed by atoms with Gasteiger partial charge in [0, 0.05) is 31.6 Å². The number of rotatable bonds is 8. The van der Waals surface area contributed by atoms with Crippen LogP contribution in [0, 0.1) is 5.92 Å². The standard InChI is InChI=1S/C19H29F2N3O5/c1-12(24-18(26)13-3-2-7-22-10-13)6-8-23-17(25)11-27-14-4-5-15-16(9-14)29-19(20,21)28-15/h13-16,22H,1-11H2,(H,23,25)(H,24,26). The SMILES string of the molecule is C=C(CCNC(=O)COC1CCC2OC(F)(F)OC2C1)NC(=O)C1CCCNC1. The van der Waals surface area contributed by atoms with Crippen molar-refractivity contribution in [1.82, 2.24) is 16.0 Å². The van der Waals surface area contributed by atoms with Crippen molar-refractivity contribution < 1.29 is 32.6 Å². The number of fused-ring (bicyclic) bond motifs is 1. The summed E-state index contributed by atoms with van der Waals surface area (Å²) in [4.78, 5) is 24.0. The second-order valence-corrected chi connectivity index (χ2v) is 7.76. The van der Waals surface area contributed by atoms with Crippen molar-refractivity contribution in [3.05, 3.63) is 12.3 Å². The largest absolute Gasteiger partial charge is 0.486 e. The van der Waals surface area contributed by atoms with Crippen molar-refractivity contribution in [1.29, 1.82) is 0 Å². The molecule has 1 saturated carbocycles. The van der Waals surface area contributed by atoms with Gasteiger partial charge in [0.05, 0.1) is 24.2 Å². The third-order valence-corrected chi connectivity index (χ3v) is 5.43. The van der Waals surface area contributed by atoms with E-state index in [9.17, 15) is 18.4 Å². The van der Waals surface area contributed by atoms with E-state index in [4.69, 9.17) is 4.74 Å². The first-order valence-corrected chi connectivity index (χ1v) is 10.1. The number of carbonyl (C=O) groups excluding carboxylic acids is 2. The average Bonchev–Trinajstić information content (AvgIpc) is 3.00. The maximum Gasteiger partial charge on any atom is 0.486 e. The molecule has 3 N–H and O–H groups in total. The van der Waals surface area contributed by atoms with E-state index in [-0.39, 0.29) is 36.9 Å². The van der Waals surface area contributed by atoms with Crippen molar-refractivity contribution in [2.45, 2.75) is 63.1 Å². The van der Waals surface area contributed by atoms with Crippen LogP contribution in [0.3, 0.4) is 0 Å². The highest BCUT2D eigenvalue weighted by Crippen LogP contribution is 2.39. The molecule has 2 aliphatic heterocycles. The van der Waals surface area contributed by atoms with Gasteiger partial charge in [0.25, 0.3) is 0 Å². The summed E-state index contributed by atoms with van der Waals surface area (Å²) in [6.07, 6.45) is -1.72. The van der Waals surface area contributed by atoms with Gasteiger partial charge in [0.1, 0.15) is 6.61 Å². The summed E-state index contributed by atoms with van der Waals surface area (Å²) in [5.41, 5.74) is 0.555. The molecular weight excluding hydrogens is 388 g/mol. The summed E-state index contributed by atoms with van der Waals surface area (Å²) >= 11 is 0. The Balaban J connectivity index is 1.26. The van der Waals surface area contributed by atoms with Gasteiger partial charge in [0.2, 0.25) is 11.8 Å². The van der Waals surface area contributed by atoms with Crippen LogP contribution >= 0.6 is 0 Å². The van der Waals surface area contributed by atoms with Crippen LogP contribution in [-0.2, 0) is 23.8 Å². The zero-order chi connectivity index (χ0) is 20.9. The van der Waals surface area contributed by atoms with Crippen molar-refractivity contribution >= 4 is 11.8 Å². The molecule has 2 saturated heterocycles. The minimum atomic E-state index is -3.53.